The lowest BCUT2D eigenvalue weighted by Gasteiger charge is -2.29. The highest BCUT2D eigenvalue weighted by Gasteiger charge is 2.29. The van der Waals surface area contributed by atoms with Gasteiger partial charge in [-0.2, -0.15) is 0 Å². The minimum Gasteiger partial charge on any atom is -0.389 e. The van der Waals surface area contributed by atoms with Crippen LogP contribution >= 0.6 is 0 Å². The zero-order valence-corrected chi connectivity index (χ0v) is 24.5. The number of amides is 1. The highest BCUT2D eigenvalue weighted by molar-refractivity contribution is 7.92. The summed E-state index contributed by atoms with van der Waals surface area (Å²) in [6.07, 6.45) is 2.00. The lowest BCUT2D eigenvalue weighted by molar-refractivity contribution is 0.0724. The van der Waals surface area contributed by atoms with E-state index in [1.54, 1.807) is 48.5 Å². The van der Waals surface area contributed by atoms with Crippen molar-refractivity contribution in [2.45, 2.75) is 43.7 Å². The molecule has 2 heterocycles. The number of benzene rings is 4. The van der Waals surface area contributed by atoms with E-state index in [0.29, 0.717) is 24.3 Å². The molecule has 1 saturated heterocycles. The number of piperidine rings is 1. The summed E-state index contributed by atoms with van der Waals surface area (Å²) in [6.45, 7) is 3.32. The molecular formula is C34H35N3O4S. The molecule has 1 aliphatic rings. The molecule has 1 N–H and O–H groups in total. The SMILES string of the molecule is Cc1ccc(S(=O)(=O)N(C[C@H](O)Cn2c3ccccc3c3ccccc32)c2cccc(C(=O)N3CCCCC3)c2)cc1. The number of aryl methyl sites for hydroxylation is 1. The first-order valence-corrected chi connectivity index (χ1v) is 15.9. The zero-order valence-electron chi connectivity index (χ0n) is 23.7. The number of carbonyl (C=O) groups is 1. The fourth-order valence-electron chi connectivity index (χ4n) is 5.91. The van der Waals surface area contributed by atoms with Gasteiger partial charge in [0.15, 0.2) is 0 Å². The van der Waals surface area contributed by atoms with E-state index in [0.717, 1.165) is 46.6 Å². The lowest BCUT2D eigenvalue weighted by Crippen LogP contribution is -2.39. The van der Waals surface area contributed by atoms with E-state index in [1.807, 2.05) is 52.8 Å². The van der Waals surface area contributed by atoms with Crippen molar-refractivity contribution in [3.63, 3.8) is 0 Å². The summed E-state index contributed by atoms with van der Waals surface area (Å²) in [5, 5.41) is 13.7. The van der Waals surface area contributed by atoms with E-state index in [-0.39, 0.29) is 23.9 Å². The maximum atomic E-state index is 14.1. The number of aliphatic hydroxyl groups excluding tert-OH is 1. The molecule has 0 radical (unpaired) electrons. The first-order chi connectivity index (χ1) is 20.3. The minimum absolute atomic E-state index is 0.102. The summed E-state index contributed by atoms with van der Waals surface area (Å²) in [4.78, 5) is 15.3. The van der Waals surface area contributed by atoms with Gasteiger partial charge in [0, 0.05) is 40.5 Å². The number of aromatic nitrogens is 1. The Morgan fingerprint density at radius 3 is 2.10 bits per heavy atom. The lowest BCUT2D eigenvalue weighted by atomic mass is 10.1. The van der Waals surface area contributed by atoms with Crippen LogP contribution in [0.4, 0.5) is 5.69 Å². The number of sulfonamides is 1. The van der Waals surface area contributed by atoms with Crippen molar-refractivity contribution in [3.05, 3.63) is 108 Å². The fraction of sp³-hybridized carbons (Fsp3) is 0.265. The van der Waals surface area contributed by atoms with Gasteiger partial charge in [0.05, 0.1) is 29.8 Å². The van der Waals surface area contributed by atoms with Gasteiger partial charge in [-0.05, 0) is 68.7 Å². The van der Waals surface area contributed by atoms with E-state index in [2.05, 4.69) is 12.1 Å². The largest absolute Gasteiger partial charge is 0.389 e. The first-order valence-electron chi connectivity index (χ1n) is 14.5. The molecule has 42 heavy (non-hydrogen) atoms. The highest BCUT2D eigenvalue weighted by Crippen LogP contribution is 2.30. The molecule has 0 saturated carbocycles. The second-order valence-electron chi connectivity index (χ2n) is 11.1. The molecule has 0 unspecified atom stereocenters. The number of anilines is 1. The van der Waals surface area contributed by atoms with Crippen molar-refractivity contribution in [3.8, 4) is 0 Å². The Hall–Kier alpha value is -4.14. The van der Waals surface area contributed by atoms with Crippen LogP contribution in [-0.4, -0.2) is 54.6 Å². The second kappa shape index (κ2) is 11.6. The molecule has 1 fully saturated rings. The third kappa shape index (κ3) is 5.40. The number of likely N-dealkylation sites (tertiary alicyclic amines) is 1. The van der Waals surface area contributed by atoms with Gasteiger partial charge in [0.2, 0.25) is 0 Å². The molecule has 8 heteroatoms. The molecule has 5 aromatic rings. The minimum atomic E-state index is -4.06. The highest BCUT2D eigenvalue weighted by atomic mass is 32.2. The van der Waals surface area contributed by atoms with E-state index in [1.165, 1.54) is 4.31 Å². The van der Waals surface area contributed by atoms with Gasteiger partial charge in [0.25, 0.3) is 15.9 Å². The van der Waals surface area contributed by atoms with Crippen LogP contribution < -0.4 is 4.31 Å². The standard InChI is InChI=1S/C34H35N3O4S/c1-25-16-18-29(19-17-25)42(40,41)37(27-11-9-10-26(22-27)34(39)35-20-7-2-8-21-35)24-28(38)23-36-32-14-5-3-12-30(32)31-13-4-6-15-33(31)36/h3-6,9-19,22,28,38H,2,7-8,20-21,23-24H2,1H3/t28-/m1/s1. The zero-order chi connectivity index (χ0) is 29.3. The Labute approximate surface area is 246 Å². The van der Waals surface area contributed by atoms with Crippen molar-refractivity contribution in [2.75, 3.05) is 23.9 Å². The number of nitrogens with zero attached hydrogens (tertiary/aromatic N) is 3. The van der Waals surface area contributed by atoms with Gasteiger partial charge in [-0.3, -0.25) is 9.10 Å². The summed E-state index contributed by atoms with van der Waals surface area (Å²) < 4.78 is 31.5. The average molecular weight is 582 g/mol. The predicted octanol–water partition coefficient (Wildman–Crippen LogP) is 5.99. The van der Waals surface area contributed by atoms with E-state index < -0.39 is 16.1 Å². The van der Waals surface area contributed by atoms with Gasteiger partial charge >= 0.3 is 0 Å². The monoisotopic (exact) mass is 581 g/mol. The smallest absolute Gasteiger partial charge is 0.264 e. The molecule has 1 amide bonds. The molecule has 6 rings (SSSR count). The van der Waals surface area contributed by atoms with Crippen LogP contribution in [0.5, 0.6) is 0 Å². The maximum absolute atomic E-state index is 14.1. The fourth-order valence-corrected chi connectivity index (χ4v) is 7.41. The molecular weight excluding hydrogens is 546 g/mol. The summed E-state index contributed by atoms with van der Waals surface area (Å²) in [7, 11) is -4.06. The molecule has 0 spiro atoms. The van der Waals surface area contributed by atoms with Crippen LogP contribution in [-0.2, 0) is 16.6 Å². The molecule has 216 valence electrons. The molecule has 1 atom stereocenters. The summed E-state index contributed by atoms with van der Waals surface area (Å²) >= 11 is 0. The van der Waals surface area contributed by atoms with Crippen molar-refractivity contribution < 1.29 is 18.3 Å². The summed E-state index contributed by atoms with van der Waals surface area (Å²) in [5.74, 6) is -0.102. The summed E-state index contributed by atoms with van der Waals surface area (Å²) in [6, 6.07) is 29.5. The van der Waals surface area contributed by atoms with Crippen LogP contribution in [0, 0.1) is 6.92 Å². The third-order valence-corrected chi connectivity index (χ3v) is 9.89. The Bertz CT molecular complexity index is 1790. The normalized spacial score (nSPS) is 14.8. The van der Waals surface area contributed by atoms with Crippen LogP contribution in [0.1, 0.15) is 35.2 Å². The quantitative estimate of drug-likeness (QED) is 0.244. The van der Waals surface area contributed by atoms with Crippen molar-refractivity contribution >= 4 is 43.4 Å². The van der Waals surface area contributed by atoms with E-state index in [9.17, 15) is 18.3 Å². The number of carbonyl (C=O) groups excluding carboxylic acids is 1. The number of para-hydroxylation sites is 2. The van der Waals surface area contributed by atoms with Crippen LogP contribution in [0.2, 0.25) is 0 Å². The average Bonchev–Trinajstić information content (AvgIpc) is 3.33. The van der Waals surface area contributed by atoms with Crippen molar-refractivity contribution in [2.24, 2.45) is 0 Å². The van der Waals surface area contributed by atoms with Gasteiger partial charge in [-0.15, -0.1) is 0 Å². The number of hydrogen-bond donors (Lipinski definition) is 1. The molecule has 0 aliphatic carbocycles. The number of hydrogen-bond acceptors (Lipinski definition) is 4. The second-order valence-corrected chi connectivity index (χ2v) is 12.9. The predicted molar refractivity (Wildman–Crippen MR) is 167 cm³/mol. The topological polar surface area (TPSA) is 82.8 Å². The molecule has 0 bridgehead atoms. The Morgan fingerprint density at radius 2 is 1.45 bits per heavy atom. The Balaban J connectivity index is 1.37. The van der Waals surface area contributed by atoms with Crippen LogP contribution in [0.15, 0.2) is 102 Å². The van der Waals surface area contributed by atoms with Crippen molar-refractivity contribution in [1.29, 1.82) is 0 Å². The van der Waals surface area contributed by atoms with E-state index >= 15 is 0 Å². The molecule has 1 aromatic heterocycles. The molecule has 4 aromatic carbocycles. The third-order valence-electron chi connectivity index (χ3n) is 8.08. The number of aliphatic hydroxyl groups is 1. The van der Waals surface area contributed by atoms with Gasteiger partial charge < -0.3 is 14.6 Å². The molecule has 7 nitrogen and oxygen atoms in total. The van der Waals surface area contributed by atoms with Gasteiger partial charge in [-0.1, -0.05) is 60.2 Å². The van der Waals surface area contributed by atoms with E-state index in [4.69, 9.17) is 0 Å². The van der Waals surface area contributed by atoms with Gasteiger partial charge in [-0.25, -0.2) is 8.42 Å². The number of rotatable bonds is 8. The van der Waals surface area contributed by atoms with Crippen LogP contribution in [0.25, 0.3) is 21.8 Å². The van der Waals surface area contributed by atoms with Gasteiger partial charge in [0.1, 0.15) is 0 Å². The Morgan fingerprint density at radius 1 is 0.833 bits per heavy atom. The maximum Gasteiger partial charge on any atom is 0.264 e. The number of fused-ring (bicyclic) bond motifs is 3. The summed E-state index contributed by atoms with van der Waals surface area (Å²) in [5.41, 5.74) is 3.68. The first kappa shape index (κ1) is 28.0. The molecule has 1 aliphatic heterocycles. The van der Waals surface area contributed by atoms with Crippen molar-refractivity contribution in [1.82, 2.24) is 9.47 Å². The Kier molecular flexibility index (Phi) is 7.75. The van der Waals surface area contributed by atoms with Crippen LogP contribution in [0.3, 0.4) is 0 Å².